The van der Waals surface area contributed by atoms with Crippen LogP contribution in [0.2, 0.25) is 0 Å². The van der Waals surface area contributed by atoms with E-state index in [0.717, 1.165) is 67.5 Å². The Morgan fingerprint density at radius 1 is 1.05 bits per heavy atom. The van der Waals surface area contributed by atoms with Crippen LogP contribution in [0.1, 0.15) is 48.0 Å². The summed E-state index contributed by atoms with van der Waals surface area (Å²) in [6.07, 6.45) is 7.92. The lowest BCUT2D eigenvalue weighted by molar-refractivity contribution is 0.0522. The summed E-state index contributed by atoms with van der Waals surface area (Å²) in [6, 6.07) is 19.5. The molecule has 0 atom stereocenters. The third-order valence-corrected chi connectivity index (χ3v) is 8.92. The Bertz CT molecular complexity index is 1620. The smallest absolute Gasteiger partial charge is 0.325 e. The summed E-state index contributed by atoms with van der Waals surface area (Å²) >= 11 is 0. The van der Waals surface area contributed by atoms with Crippen LogP contribution < -0.4 is 15.5 Å². The van der Waals surface area contributed by atoms with E-state index in [1.165, 1.54) is 5.56 Å². The largest absolute Gasteiger partial charge is 0.393 e. The second kappa shape index (κ2) is 12.8. The van der Waals surface area contributed by atoms with Gasteiger partial charge in [0.2, 0.25) is 0 Å². The number of pyridine rings is 1. The molecule has 2 amide bonds. The summed E-state index contributed by atoms with van der Waals surface area (Å²) in [5.74, 6) is 0.251. The van der Waals surface area contributed by atoms with Gasteiger partial charge in [-0.3, -0.25) is 14.3 Å². The van der Waals surface area contributed by atoms with Crippen LogP contribution in [-0.4, -0.2) is 78.0 Å². The second-order valence-corrected chi connectivity index (χ2v) is 11.7. The molecule has 0 unspecified atom stereocenters. The zero-order chi connectivity index (χ0) is 30.7. The number of hydrogen-bond acceptors (Lipinski definition) is 7. The van der Waals surface area contributed by atoms with Gasteiger partial charge in [0.1, 0.15) is 5.82 Å². The van der Waals surface area contributed by atoms with E-state index in [-0.39, 0.29) is 23.6 Å². The molecule has 2 aromatic heterocycles. The van der Waals surface area contributed by atoms with Gasteiger partial charge in [-0.1, -0.05) is 12.1 Å². The van der Waals surface area contributed by atoms with Crippen LogP contribution in [0.25, 0.3) is 10.9 Å². The number of aliphatic hydroxyl groups is 1. The van der Waals surface area contributed by atoms with Crippen LogP contribution in [0, 0.1) is 0 Å². The van der Waals surface area contributed by atoms with Crippen LogP contribution in [0.4, 0.5) is 22.0 Å². The SMILES string of the molecule is CNC(=O)n1ccc2cc(N(CCCOC)c3ccnc(NC(=O)c4ccc(C5(N6CCC(O)CC6)CC5)cc4)c3)ccc21. The molecule has 1 saturated carbocycles. The van der Waals surface area contributed by atoms with Gasteiger partial charge in [0.25, 0.3) is 5.91 Å². The number of anilines is 3. The van der Waals surface area contributed by atoms with Crippen molar-refractivity contribution in [1.82, 2.24) is 19.8 Å². The van der Waals surface area contributed by atoms with Crippen molar-refractivity contribution < 1.29 is 19.4 Å². The molecular formula is C34H40N6O4. The number of carbonyl (C=O) groups is 2. The number of nitrogens with one attached hydrogen (secondary N) is 2. The number of benzene rings is 2. The molecule has 0 bridgehead atoms. The quantitative estimate of drug-likeness (QED) is 0.219. The van der Waals surface area contributed by atoms with Gasteiger partial charge < -0.3 is 25.4 Å². The third-order valence-electron chi connectivity index (χ3n) is 8.92. The number of amides is 2. The van der Waals surface area contributed by atoms with Crippen molar-refractivity contribution in [2.24, 2.45) is 0 Å². The number of likely N-dealkylation sites (tertiary alicyclic amines) is 1. The summed E-state index contributed by atoms with van der Waals surface area (Å²) in [4.78, 5) is 34.6. The number of aliphatic hydroxyl groups excluding tert-OH is 1. The van der Waals surface area contributed by atoms with E-state index in [1.54, 1.807) is 31.1 Å². The predicted molar refractivity (Wildman–Crippen MR) is 172 cm³/mol. The average Bonchev–Trinajstić information content (AvgIpc) is 3.75. The maximum absolute atomic E-state index is 13.3. The van der Waals surface area contributed by atoms with Gasteiger partial charge in [0.15, 0.2) is 0 Å². The number of methoxy groups -OCH3 is 1. The van der Waals surface area contributed by atoms with E-state index in [1.807, 2.05) is 42.5 Å². The molecule has 2 aromatic carbocycles. The lowest BCUT2D eigenvalue weighted by atomic mass is 9.97. The molecule has 4 aromatic rings. The van der Waals surface area contributed by atoms with Crippen LogP contribution >= 0.6 is 0 Å². The molecule has 2 fully saturated rings. The van der Waals surface area contributed by atoms with E-state index >= 15 is 0 Å². The van der Waals surface area contributed by atoms with E-state index in [2.05, 4.69) is 43.6 Å². The van der Waals surface area contributed by atoms with Crippen LogP contribution in [0.15, 0.2) is 73.1 Å². The van der Waals surface area contributed by atoms with Gasteiger partial charge in [-0.2, -0.15) is 0 Å². The Balaban J connectivity index is 1.19. The fraction of sp³-hybridized carbons (Fsp3) is 0.382. The fourth-order valence-electron chi connectivity index (χ4n) is 6.35. The first-order valence-electron chi connectivity index (χ1n) is 15.3. The molecule has 3 heterocycles. The van der Waals surface area contributed by atoms with Gasteiger partial charge in [-0.25, -0.2) is 9.78 Å². The average molecular weight is 597 g/mol. The highest BCUT2D eigenvalue weighted by atomic mass is 16.5. The van der Waals surface area contributed by atoms with Crippen molar-refractivity contribution in [2.45, 2.75) is 43.7 Å². The zero-order valence-electron chi connectivity index (χ0n) is 25.3. The minimum atomic E-state index is -0.213. The lowest BCUT2D eigenvalue weighted by Crippen LogP contribution is -2.42. The van der Waals surface area contributed by atoms with Crippen molar-refractivity contribution in [2.75, 3.05) is 50.6 Å². The maximum Gasteiger partial charge on any atom is 0.325 e. The molecule has 230 valence electrons. The van der Waals surface area contributed by atoms with Crippen molar-refractivity contribution in [3.05, 3.63) is 84.2 Å². The Kier molecular flexibility index (Phi) is 8.65. The highest BCUT2D eigenvalue weighted by Crippen LogP contribution is 2.51. The normalized spacial score (nSPS) is 16.5. The molecule has 6 rings (SSSR count). The lowest BCUT2D eigenvalue weighted by Gasteiger charge is -2.37. The summed E-state index contributed by atoms with van der Waals surface area (Å²) in [5.41, 5.74) is 4.52. The zero-order valence-corrected chi connectivity index (χ0v) is 25.3. The molecule has 1 aliphatic carbocycles. The van der Waals surface area contributed by atoms with Gasteiger partial charge in [0.05, 0.1) is 11.6 Å². The first-order valence-corrected chi connectivity index (χ1v) is 15.3. The Morgan fingerprint density at radius 3 is 2.50 bits per heavy atom. The number of carbonyl (C=O) groups excluding carboxylic acids is 2. The Labute approximate surface area is 257 Å². The Hall–Kier alpha value is -4.25. The Morgan fingerprint density at radius 2 is 1.80 bits per heavy atom. The monoisotopic (exact) mass is 596 g/mol. The van der Waals surface area contributed by atoms with Crippen molar-refractivity contribution in [1.29, 1.82) is 0 Å². The molecule has 44 heavy (non-hydrogen) atoms. The highest BCUT2D eigenvalue weighted by molar-refractivity contribution is 6.04. The predicted octanol–water partition coefficient (Wildman–Crippen LogP) is 5.10. The van der Waals surface area contributed by atoms with Crippen LogP contribution in [0.5, 0.6) is 0 Å². The molecule has 10 nitrogen and oxygen atoms in total. The third kappa shape index (κ3) is 6.06. The molecule has 2 aliphatic rings. The minimum Gasteiger partial charge on any atom is -0.393 e. The fourth-order valence-corrected chi connectivity index (χ4v) is 6.35. The number of fused-ring (bicyclic) bond motifs is 1. The van der Waals surface area contributed by atoms with Crippen LogP contribution in [-0.2, 0) is 10.3 Å². The van der Waals surface area contributed by atoms with E-state index in [4.69, 9.17) is 4.74 Å². The van der Waals surface area contributed by atoms with Gasteiger partial charge in [-0.05, 0) is 80.1 Å². The number of ether oxygens (including phenoxy) is 1. The van der Waals surface area contributed by atoms with Gasteiger partial charge in [-0.15, -0.1) is 0 Å². The number of piperidine rings is 1. The van der Waals surface area contributed by atoms with Crippen molar-refractivity contribution in [3.8, 4) is 0 Å². The molecular weight excluding hydrogens is 556 g/mol. The number of rotatable bonds is 10. The molecule has 1 saturated heterocycles. The maximum atomic E-state index is 13.3. The summed E-state index contributed by atoms with van der Waals surface area (Å²) in [5, 5.41) is 16.5. The minimum absolute atomic E-state index is 0.0470. The first-order chi connectivity index (χ1) is 21.4. The van der Waals surface area contributed by atoms with Crippen LogP contribution in [0.3, 0.4) is 0 Å². The van der Waals surface area contributed by atoms with E-state index in [9.17, 15) is 14.7 Å². The second-order valence-electron chi connectivity index (χ2n) is 11.7. The van der Waals surface area contributed by atoms with Crippen molar-refractivity contribution >= 4 is 40.0 Å². The molecule has 3 N–H and O–H groups in total. The van der Waals surface area contributed by atoms with Crippen molar-refractivity contribution in [3.63, 3.8) is 0 Å². The standard InChI is InChI=1S/C34H40N6O4/c1-35-33(43)40-20-11-25-22-27(8-9-30(25)40)39(17-3-21-44-2)28-10-16-36-31(23-28)37-32(42)24-4-6-26(7-5-24)34(14-15-34)38-18-12-29(41)13-19-38/h4-11,16,20,22-23,29,41H,3,12-15,17-19,21H2,1-2H3,(H,35,43)(H,36,37,42). The number of nitrogens with zero attached hydrogens (tertiary/aromatic N) is 4. The first kappa shape index (κ1) is 29.8. The summed E-state index contributed by atoms with van der Waals surface area (Å²) < 4.78 is 6.90. The van der Waals surface area contributed by atoms with Gasteiger partial charge >= 0.3 is 6.03 Å². The van der Waals surface area contributed by atoms with E-state index in [0.29, 0.717) is 24.5 Å². The molecule has 0 radical (unpaired) electrons. The topological polar surface area (TPSA) is 112 Å². The highest BCUT2D eigenvalue weighted by Gasteiger charge is 2.49. The summed E-state index contributed by atoms with van der Waals surface area (Å²) in [7, 11) is 3.30. The van der Waals surface area contributed by atoms with E-state index < -0.39 is 0 Å². The summed E-state index contributed by atoms with van der Waals surface area (Å²) in [6.45, 7) is 3.11. The van der Waals surface area contributed by atoms with Gasteiger partial charge in [0, 0.05) is 86.7 Å². The number of aromatic nitrogens is 2. The molecule has 10 heteroatoms. The number of hydrogen-bond donors (Lipinski definition) is 3. The molecule has 1 aliphatic heterocycles. The molecule has 0 spiro atoms.